The highest BCUT2D eigenvalue weighted by molar-refractivity contribution is 7.16. The fraction of sp³-hybridized carbons (Fsp3) is 0.571. The zero-order valence-corrected chi connectivity index (χ0v) is 12.7. The Morgan fingerprint density at radius 3 is 3.20 bits per heavy atom. The minimum atomic E-state index is 0.593. The van der Waals surface area contributed by atoms with E-state index in [0.29, 0.717) is 11.9 Å². The van der Waals surface area contributed by atoms with Gasteiger partial charge in [0.15, 0.2) is 0 Å². The Labute approximate surface area is 123 Å². The fourth-order valence-corrected chi connectivity index (χ4v) is 3.58. The van der Waals surface area contributed by atoms with Crippen molar-refractivity contribution in [1.29, 1.82) is 0 Å². The zero-order chi connectivity index (χ0) is 13.9. The Bertz CT molecular complexity index is 584. The quantitative estimate of drug-likeness (QED) is 0.938. The van der Waals surface area contributed by atoms with Gasteiger partial charge in [0.25, 0.3) is 0 Å². The fourth-order valence-electron chi connectivity index (χ4n) is 2.82. The first-order valence-corrected chi connectivity index (χ1v) is 7.86. The SMILES string of the molecule is CNc1nc(N2CCCC(COC)C2)c2ccsc2n1. The van der Waals surface area contributed by atoms with Crippen LogP contribution in [0.25, 0.3) is 10.2 Å². The van der Waals surface area contributed by atoms with E-state index in [1.165, 1.54) is 12.8 Å². The topological polar surface area (TPSA) is 50.3 Å². The molecule has 6 heteroatoms. The molecule has 1 aliphatic heterocycles. The molecule has 1 saturated heterocycles. The smallest absolute Gasteiger partial charge is 0.225 e. The number of methoxy groups -OCH3 is 1. The van der Waals surface area contributed by atoms with Gasteiger partial charge in [-0.05, 0) is 30.2 Å². The van der Waals surface area contributed by atoms with Crippen molar-refractivity contribution in [1.82, 2.24) is 9.97 Å². The molecule has 3 rings (SSSR count). The summed E-state index contributed by atoms with van der Waals surface area (Å²) in [5.41, 5.74) is 0. The molecule has 1 atom stereocenters. The number of aromatic nitrogens is 2. The molecule has 0 spiro atoms. The van der Waals surface area contributed by atoms with Crippen LogP contribution in [0.4, 0.5) is 11.8 Å². The number of thiophene rings is 1. The van der Waals surface area contributed by atoms with Crippen LogP contribution in [0.15, 0.2) is 11.4 Å². The molecule has 0 aromatic carbocycles. The number of nitrogens with zero attached hydrogens (tertiary/aromatic N) is 3. The second kappa shape index (κ2) is 5.93. The molecule has 2 aromatic heterocycles. The molecule has 1 unspecified atom stereocenters. The third-order valence-corrected chi connectivity index (χ3v) is 4.56. The maximum absolute atomic E-state index is 5.31. The summed E-state index contributed by atoms with van der Waals surface area (Å²) in [5.74, 6) is 2.35. The molecule has 1 aliphatic rings. The van der Waals surface area contributed by atoms with E-state index in [9.17, 15) is 0 Å². The second-order valence-corrected chi connectivity index (χ2v) is 6.06. The number of hydrogen-bond donors (Lipinski definition) is 1. The number of fused-ring (bicyclic) bond motifs is 1. The van der Waals surface area contributed by atoms with E-state index in [0.717, 1.165) is 35.7 Å². The molecule has 0 aliphatic carbocycles. The Hall–Kier alpha value is -1.40. The lowest BCUT2D eigenvalue weighted by Crippen LogP contribution is -2.37. The molecule has 0 radical (unpaired) electrons. The van der Waals surface area contributed by atoms with Crippen LogP contribution in [0.2, 0.25) is 0 Å². The summed E-state index contributed by atoms with van der Waals surface area (Å²) in [6.07, 6.45) is 2.43. The number of piperidine rings is 1. The minimum absolute atomic E-state index is 0.593. The monoisotopic (exact) mass is 292 g/mol. The van der Waals surface area contributed by atoms with Crippen molar-refractivity contribution >= 4 is 33.3 Å². The van der Waals surface area contributed by atoms with Gasteiger partial charge in [0, 0.05) is 27.2 Å². The van der Waals surface area contributed by atoms with Crippen molar-refractivity contribution in [2.45, 2.75) is 12.8 Å². The first-order valence-electron chi connectivity index (χ1n) is 6.98. The van der Waals surface area contributed by atoms with Crippen molar-refractivity contribution in [3.05, 3.63) is 11.4 Å². The molecule has 108 valence electrons. The van der Waals surface area contributed by atoms with E-state index in [2.05, 4.69) is 31.6 Å². The first-order chi connectivity index (χ1) is 9.81. The van der Waals surface area contributed by atoms with Gasteiger partial charge in [-0.2, -0.15) is 4.98 Å². The lowest BCUT2D eigenvalue weighted by Gasteiger charge is -2.33. The normalized spacial score (nSPS) is 19.5. The van der Waals surface area contributed by atoms with Crippen LogP contribution in [0, 0.1) is 5.92 Å². The maximum Gasteiger partial charge on any atom is 0.225 e. The van der Waals surface area contributed by atoms with Crippen molar-refractivity contribution in [2.24, 2.45) is 5.92 Å². The van der Waals surface area contributed by atoms with Gasteiger partial charge in [-0.25, -0.2) is 4.98 Å². The number of hydrogen-bond acceptors (Lipinski definition) is 6. The van der Waals surface area contributed by atoms with Gasteiger partial charge >= 0.3 is 0 Å². The Kier molecular flexibility index (Phi) is 4.03. The van der Waals surface area contributed by atoms with Gasteiger partial charge in [0.2, 0.25) is 5.95 Å². The summed E-state index contributed by atoms with van der Waals surface area (Å²) in [6.45, 7) is 2.90. The maximum atomic E-state index is 5.31. The number of nitrogens with one attached hydrogen (secondary N) is 1. The summed E-state index contributed by atoms with van der Waals surface area (Å²) < 4.78 is 5.31. The molecule has 3 heterocycles. The van der Waals surface area contributed by atoms with Gasteiger partial charge in [0.1, 0.15) is 10.6 Å². The molecule has 20 heavy (non-hydrogen) atoms. The van der Waals surface area contributed by atoms with Gasteiger partial charge in [0.05, 0.1) is 12.0 Å². The summed E-state index contributed by atoms with van der Waals surface area (Å²) in [7, 11) is 3.64. The average molecular weight is 292 g/mol. The largest absolute Gasteiger partial charge is 0.384 e. The highest BCUT2D eigenvalue weighted by Gasteiger charge is 2.23. The third-order valence-electron chi connectivity index (χ3n) is 3.75. The van der Waals surface area contributed by atoms with Crippen molar-refractivity contribution in [3.8, 4) is 0 Å². The van der Waals surface area contributed by atoms with Crippen LogP contribution in [0.3, 0.4) is 0 Å². The van der Waals surface area contributed by atoms with Crippen molar-refractivity contribution in [2.75, 3.05) is 44.1 Å². The molecule has 0 bridgehead atoms. The molecule has 0 amide bonds. The highest BCUT2D eigenvalue weighted by atomic mass is 32.1. The van der Waals surface area contributed by atoms with Crippen LogP contribution < -0.4 is 10.2 Å². The highest BCUT2D eigenvalue weighted by Crippen LogP contribution is 2.31. The predicted octanol–water partition coefficient (Wildman–Crippen LogP) is 2.60. The molecule has 2 aromatic rings. The summed E-state index contributed by atoms with van der Waals surface area (Å²) in [4.78, 5) is 12.6. The molecule has 1 N–H and O–H groups in total. The number of anilines is 2. The van der Waals surface area contributed by atoms with Gasteiger partial charge < -0.3 is 15.0 Å². The molecular formula is C14H20N4OS. The van der Waals surface area contributed by atoms with Crippen molar-refractivity contribution < 1.29 is 4.74 Å². The van der Waals surface area contributed by atoms with E-state index in [1.54, 1.807) is 18.4 Å². The number of ether oxygens (including phenoxy) is 1. The summed E-state index contributed by atoms with van der Waals surface area (Å²) >= 11 is 1.66. The lowest BCUT2D eigenvalue weighted by atomic mass is 9.99. The van der Waals surface area contributed by atoms with Gasteiger partial charge in [-0.15, -0.1) is 11.3 Å². The predicted molar refractivity (Wildman–Crippen MR) is 83.8 cm³/mol. The minimum Gasteiger partial charge on any atom is -0.384 e. The van der Waals surface area contributed by atoms with Crippen molar-refractivity contribution in [3.63, 3.8) is 0 Å². The molecule has 5 nitrogen and oxygen atoms in total. The van der Waals surface area contributed by atoms with Crippen LogP contribution in [-0.4, -0.2) is 43.8 Å². The van der Waals surface area contributed by atoms with Gasteiger partial charge in [-0.1, -0.05) is 0 Å². The van der Waals surface area contributed by atoms with Crippen LogP contribution in [0.5, 0.6) is 0 Å². The number of rotatable bonds is 4. The van der Waals surface area contributed by atoms with E-state index >= 15 is 0 Å². The second-order valence-electron chi connectivity index (χ2n) is 5.17. The van der Waals surface area contributed by atoms with E-state index in [-0.39, 0.29) is 0 Å². The van der Waals surface area contributed by atoms with E-state index < -0.39 is 0 Å². The van der Waals surface area contributed by atoms with Crippen LogP contribution >= 0.6 is 11.3 Å². The lowest BCUT2D eigenvalue weighted by molar-refractivity contribution is 0.143. The Morgan fingerprint density at radius 2 is 2.40 bits per heavy atom. The van der Waals surface area contributed by atoms with Crippen LogP contribution in [0.1, 0.15) is 12.8 Å². The third kappa shape index (κ3) is 2.58. The molecule has 1 fully saturated rings. The van der Waals surface area contributed by atoms with Gasteiger partial charge in [-0.3, -0.25) is 0 Å². The molecule has 0 saturated carbocycles. The summed E-state index contributed by atoms with van der Waals surface area (Å²) in [5, 5.41) is 6.30. The molecular weight excluding hydrogens is 272 g/mol. The Morgan fingerprint density at radius 1 is 1.50 bits per heavy atom. The van der Waals surface area contributed by atoms with Crippen LogP contribution in [-0.2, 0) is 4.74 Å². The van der Waals surface area contributed by atoms with E-state index in [1.807, 2.05) is 7.05 Å². The Balaban J connectivity index is 1.93. The standard InChI is InChI=1S/C14H20N4OS/c1-15-14-16-12(11-5-7-20-13(11)17-14)18-6-3-4-10(8-18)9-19-2/h5,7,10H,3-4,6,8-9H2,1-2H3,(H,15,16,17). The summed E-state index contributed by atoms with van der Waals surface area (Å²) in [6, 6.07) is 2.12. The average Bonchev–Trinajstić information content (AvgIpc) is 2.95. The zero-order valence-electron chi connectivity index (χ0n) is 11.9. The van der Waals surface area contributed by atoms with E-state index in [4.69, 9.17) is 4.74 Å². The first kappa shape index (κ1) is 13.6.